The number of hydrogen-bond donors (Lipinski definition) is 1. The number of benzene rings is 1. The molecule has 1 N–H and O–H groups in total. The molecule has 1 amide bonds. The highest BCUT2D eigenvalue weighted by atomic mass is 16.5. The Morgan fingerprint density at radius 3 is 2.77 bits per heavy atom. The number of carbonyl (C=O) groups excluding carboxylic acids is 1. The normalized spacial score (nSPS) is 15.9. The second-order valence-electron chi connectivity index (χ2n) is 7.72. The van der Waals surface area contributed by atoms with Gasteiger partial charge in [0.05, 0.1) is 6.54 Å². The van der Waals surface area contributed by atoms with Gasteiger partial charge in [0.25, 0.3) is 0 Å². The molecule has 0 radical (unpaired) electrons. The van der Waals surface area contributed by atoms with Crippen molar-refractivity contribution in [2.24, 2.45) is 5.41 Å². The molecule has 4 heteroatoms. The van der Waals surface area contributed by atoms with Crippen molar-refractivity contribution in [1.29, 1.82) is 0 Å². The monoisotopic (exact) mass is 305 g/mol. The summed E-state index contributed by atoms with van der Waals surface area (Å²) < 4.78 is 11.7. The van der Waals surface area contributed by atoms with E-state index in [-0.39, 0.29) is 16.9 Å². The number of amides is 1. The van der Waals surface area contributed by atoms with Crippen LogP contribution >= 0.6 is 0 Å². The number of rotatable bonds is 5. The number of para-hydroxylation sites is 1. The van der Waals surface area contributed by atoms with Gasteiger partial charge in [-0.1, -0.05) is 32.9 Å². The number of hydrogen-bond acceptors (Lipinski definition) is 3. The van der Waals surface area contributed by atoms with Crippen LogP contribution in [0, 0.1) is 5.41 Å². The van der Waals surface area contributed by atoms with E-state index in [0.717, 1.165) is 17.9 Å². The maximum Gasteiger partial charge on any atom is 0.220 e. The first-order chi connectivity index (χ1) is 10.2. The molecule has 4 nitrogen and oxygen atoms in total. The van der Waals surface area contributed by atoms with E-state index in [4.69, 9.17) is 9.47 Å². The number of carbonyl (C=O) groups is 1. The molecule has 2 rings (SSSR count). The molecule has 122 valence electrons. The van der Waals surface area contributed by atoms with Crippen LogP contribution in [0.15, 0.2) is 18.2 Å². The quantitative estimate of drug-likeness (QED) is 0.849. The van der Waals surface area contributed by atoms with Gasteiger partial charge in [0, 0.05) is 18.4 Å². The van der Waals surface area contributed by atoms with E-state index in [1.54, 1.807) is 0 Å². The third-order valence-electron chi connectivity index (χ3n) is 3.43. The van der Waals surface area contributed by atoms with E-state index < -0.39 is 0 Å². The lowest BCUT2D eigenvalue weighted by molar-refractivity contribution is -0.122. The average molecular weight is 305 g/mol. The molecule has 1 heterocycles. The van der Waals surface area contributed by atoms with Crippen molar-refractivity contribution in [2.45, 2.75) is 53.1 Å². The molecule has 0 saturated heterocycles. The molecule has 1 aliphatic heterocycles. The van der Waals surface area contributed by atoms with Gasteiger partial charge in [0.15, 0.2) is 11.5 Å². The first kappa shape index (κ1) is 16.7. The third-order valence-corrected chi connectivity index (χ3v) is 3.43. The standard InChI is InChI=1S/C18H27NO3/c1-17(2,3)12-15(20)19-9-10-21-14-8-6-7-13-11-18(4,5)22-16(13)14/h6-8H,9-12H2,1-5H3,(H,19,20). The maximum atomic E-state index is 11.8. The summed E-state index contributed by atoms with van der Waals surface area (Å²) in [6, 6.07) is 5.97. The van der Waals surface area contributed by atoms with Crippen LogP contribution in [0.2, 0.25) is 0 Å². The highest BCUT2D eigenvalue weighted by Crippen LogP contribution is 2.41. The topological polar surface area (TPSA) is 47.6 Å². The van der Waals surface area contributed by atoms with E-state index in [1.165, 1.54) is 5.56 Å². The van der Waals surface area contributed by atoms with Gasteiger partial charge in [-0.05, 0) is 25.3 Å². The fourth-order valence-electron chi connectivity index (χ4n) is 2.60. The van der Waals surface area contributed by atoms with Crippen LogP contribution in [0.1, 0.15) is 46.6 Å². The lowest BCUT2D eigenvalue weighted by Gasteiger charge is -2.19. The van der Waals surface area contributed by atoms with Gasteiger partial charge in [0.2, 0.25) is 5.91 Å². The van der Waals surface area contributed by atoms with Crippen molar-refractivity contribution in [3.63, 3.8) is 0 Å². The van der Waals surface area contributed by atoms with Crippen LogP contribution in [0.4, 0.5) is 0 Å². The van der Waals surface area contributed by atoms with Crippen LogP contribution in [-0.4, -0.2) is 24.7 Å². The molecule has 0 atom stereocenters. The first-order valence-electron chi connectivity index (χ1n) is 7.87. The highest BCUT2D eigenvalue weighted by molar-refractivity contribution is 5.76. The third kappa shape index (κ3) is 4.65. The second kappa shape index (κ2) is 6.19. The largest absolute Gasteiger partial charge is 0.488 e. The Morgan fingerprint density at radius 2 is 2.09 bits per heavy atom. The average Bonchev–Trinajstić information content (AvgIpc) is 2.67. The van der Waals surface area contributed by atoms with Gasteiger partial charge in [-0.15, -0.1) is 0 Å². The zero-order valence-corrected chi connectivity index (χ0v) is 14.3. The summed E-state index contributed by atoms with van der Waals surface area (Å²) >= 11 is 0. The van der Waals surface area contributed by atoms with Crippen molar-refractivity contribution < 1.29 is 14.3 Å². The molecule has 0 aromatic heterocycles. The Kier molecular flexibility index (Phi) is 4.69. The molecule has 1 aromatic carbocycles. The fourth-order valence-corrected chi connectivity index (χ4v) is 2.60. The van der Waals surface area contributed by atoms with Crippen molar-refractivity contribution >= 4 is 5.91 Å². The summed E-state index contributed by atoms with van der Waals surface area (Å²) in [5.74, 6) is 1.66. The number of nitrogens with one attached hydrogen (secondary N) is 1. The fraction of sp³-hybridized carbons (Fsp3) is 0.611. The zero-order chi connectivity index (χ0) is 16.4. The molecule has 0 aliphatic carbocycles. The van der Waals surface area contributed by atoms with Crippen LogP contribution < -0.4 is 14.8 Å². The molecular weight excluding hydrogens is 278 g/mol. The minimum atomic E-state index is -0.178. The Morgan fingerprint density at radius 1 is 1.36 bits per heavy atom. The van der Waals surface area contributed by atoms with Crippen molar-refractivity contribution in [1.82, 2.24) is 5.32 Å². The minimum absolute atomic E-state index is 0.00458. The Hall–Kier alpha value is -1.71. The summed E-state index contributed by atoms with van der Waals surface area (Å²) in [7, 11) is 0. The van der Waals surface area contributed by atoms with Gasteiger partial charge in [-0.2, -0.15) is 0 Å². The van der Waals surface area contributed by atoms with Crippen LogP contribution in [0.5, 0.6) is 11.5 Å². The number of ether oxygens (including phenoxy) is 2. The lowest BCUT2D eigenvalue weighted by Crippen LogP contribution is -2.31. The van der Waals surface area contributed by atoms with Crippen molar-refractivity contribution in [2.75, 3.05) is 13.2 Å². The Balaban J connectivity index is 1.82. The molecule has 0 bridgehead atoms. The summed E-state index contributed by atoms with van der Waals surface area (Å²) in [5, 5.41) is 2.89. The molecule has 0 fully saturated rings. The maximum absolute atomic E-state index is 11.8. The van der Waals surface area contributed by atoms with E-state index in [9.17, 15) is 4.79 Å². The van der Waals surface area contributed by atoms with Gasteiger partial charge < -0.3 is 14.8 Å². The van der Waals surface area contributed by atoms with Crippen molar-refractivity contribution in [3.8, 4) is 11.5 Å². The van der Waals surface area contributed by atoms with E-state index >= 15 is 0 Å². The predicted octanol–water partition coefficient (Wildman–Crippen LogP) is 3.33. The van der Waals surface area contributed by atoms with E-state index in [0.29, 0.717) is 19.6 Å². The minimum Gasteiger partial charge on any atom is -0.488 e. The molecule has 1 aromatic rings. The summed E-state index contributed by atoms with van der Waals surface area (Å²) in [4.78, 5) is 11.8. The van der Waals surface area contributed by atoms with Crippen LogP contribution in [-0.2, 0) is 11.2 Å². The van der Waals surface area contributed by atoms with E-state index in [2.05, 4.69) is 46.0 Å². The molecule has 0 unspecified atom stereocenters. The number of fused-ring (bicyclic) bond motifs is 1. The zero-order valence-electron chi connectivity index (χ0n) is 14.3. The van der Waals surface area contributed by atoms with Crippen LogP contribution in [0.3, 0.4) is 0 Å². The summed E-state index contributed by atoms with van der Waals surface area (Å²) in [6.07, 6.45) is 1.41. The second-order valence-corrected chi connectivity index (χ2v) is 7.72. The molecule has 1 aliphatic rings. The molecule has 0 saturated carbocycles. The Labute approximate surface area is 133 Å². The Bertz CT molecular complexity index is 544. The van der Waals surface area contributed by atoms with E-state index in [1.807, 2.05) is 12.1 Å². The smallest absolute Gasteiger partial charge is 0.220 e. The van der Waals surface area contributed by atoms with Gasteiger partial charge in [-0.25, -0.2) is 0 Å². The summed E-state index contributed by atoms with van der Waals surface area (Å²) in [5.41, 5.74) is 1.01. The van der Waals surface area contributed by atoms with Crippen LogP contribution in [0.25, 0.3) is 0 Å². The lowest BCUT2D eigenvalue weighted by atomic mass is 9.92. The summed E-state index contributed by atoms with van der Waals surface area (Å²) in [6.45, 7) is 11.2. The first-order valence-corrected chi connectivity index (χ1v) is 7.87. The van der Waals surface area contributed by atoms with Gasteiger partial charge in [-0.3, -0.25) is 4.79 Å². The predicted molar refractivity (Wildman–Crippen MR) is 87.4 cm³/mol. The van der Waals surface area contributed by atoms with Gasteiger partial charge in [0.1, 0.15) is 12.2 Å². The highest BCUT2D eigenvalue weighted by Gasteiger charge is 2.32. The van der Waals surface area contributed by atoms with Crippen molar-refractivity contribution in [3.05, 3.63) is 23.8 Å². The SMILES string of the molecule is CC(C)(C)CC(=O)NCCOc1cccc2c1OC(C)(C)C2. The molecular formula is C18H27NO3. The van der Waals surface area contributed by atoms with Gasteiger partial charge >= 0.3 is 0 Å². The molecule has 22 heavy (non-hydrogen) atoms. The molecule has 0 spiro atoms.